The normalized spacial score (nSPS) is 18.5. The van der Waals surface area contributed by atoms with Crippen molar-refractivity contribution in [2.24, 2.45) is 5.41 Å². The zero-order valence-electron chi connectivity index (χ0n) is 19.6. The zero-order valence-corrected chi connectivity index (χ0v) is 20.3. The van der Waals surface area contributed by atoms with Crippen LogP contribution in [0.25, 0.3) is 0 Å². The van der Waals surface area contributed by atoms with Gasteiger partial charge in [-0.1, -0.05) is 44.5 Å². The molecule has 3 rings (SSSR count). The van der Waals surface area contributed by atoms with Crippen LogP contribution in [0.5, 0.6) is 11.5 Å². The Morgan fingerprint density at radius 3 is 2.58 bits per heavy atom. The van der Waals surface area contributed by atoms with Crippen molar-refractivity contribution in [1.29, 1.82) is 0 Å². The highest BCUT2D eigenvalue weighted by Crippen LogP contribution is 2.45. The molecule has 1 aliphatic rings. The number of esters is 1. The Morgan fingerprint density at radius 2 is 1.94 bits per heavy atom. The van der Waals surface area contributed by atoms with Crippen LogP contribution in [-0.2, 0) is 19.1 Å². The molecule has 0 saturated carbocycles. The Balaban J connectivity index is 2.22. The van der Waals surface area contributed by atoms with Crippen molar-refractivity contribution in [1.82, 2.24) is 0 Å². The van der Waals surface area contributed by atoms with Gasteiger partial charge >= 0.3 is 5.97 Å². The molecule has 0 spiro atoms. The first-order chi connectivity index (χ1) is 15.6. The van der Waals surface area contributed by atoms with Crippen molar-refractivity contribution in [2.45, 2.75) is 46.3 Å². The molecule has 0 aromatic heterocycles. The lowest BCUT2D eigenvalue weighted by Crippen LogP contribution is -2.44. The number of halogens is 1. The monoisotopic (exact) mass is 475 g/mol. The van der Waals surface area contributed by atoms with Gasteiger partial charge in [0.25, 0.3) is 5.91 Å². The fraction of sp³-hybridized carbons (Fsp3) is 0.440. The van der Waals surface area contributed by atoms with Gasteiger partial charge in [-0.15, -0.1) is 0 Å². The third-order valence-corrected chi connectivity index (χ3v) is 5.44. The summed E-state index contributed by atoms with van der Waals surface area (Å²) < 4.78 is 16.9. The van der Waals surface area contributed by atoms with E-state index in [9.17, 15) is 14.7 Å². The molecule has 2 aromatic carbocycles. The Bertz CT molecular complexity index is 1030. The molecule has 0 unspecified atom stereocenters. The summed E-state index contributed by atoms with van der Waals surface area (Å²) in [5.74, 6) is -0.716. The van der Waals surface area contributed by atoms with Crippen LogP contribution in [0.4, 0.5) is 5.69 Å². The molecule has 2 aromatic rings. The van der Waals surface area contributed by atoms with E-state index in [0.29, 0.717) is 28.4 Å². The van der Waals surface area contributed by atoms with Crippen LogP contribution in [0, 0.1) is 5.41 Å². The highest BCUT2D eigenvalue weighted by atomic mass is 35.5. The van der Waals surface area contributed by atoms with Gasteiger partial charge in [-0.3, -0.25) is 9.59 Å². The van der Waals surface area contributed by atoms with Gasteiger partial charge in [0.2, 0.25) is 0 Å². The van der Waals surface area contributed by atoms with E-state index in [4.69, 9.17) is 25.8 Å². The van der Waals surface area contributed by atoms with Crippen LogP contribution in [0.2, 0.25) is 5.02 Å². The number of methoxy groups -OCH3 is 1. The number of hydrogen-bond acceptors (Lipinski definition) is 6. The standard InChI is InChI=1S/C25H30ClNO6/c1-6-32-21(29)13-20-24(30)27(14-25(2,3)4)18-11-10-15(26)12-17(18)22(33-20)16-8-7-9-19(28)23(16)31-5/h7-12,20,22,28H,6,13-14H2,1-5H3/t20-,22-/m0/s1. The Hall–Kier alpha value is -2.77. The van der Waals surface area contributed by atoms with Crippen molar-refractivity contribution in [3.63, 3.8) is 0 Å². The number of aromatic hydroxyl groups is 1. The number of rotatable bonds is 6. The van der Waals surface area contributed by atoms with E-state index in [-0.39, 0.29) is 35.8 Å². The number of phenolic OH excluding ortho intramolecular Hbond substituents is 1. The first-order valence-corrected chi connectivity index (χ1v) is 11.2. The predicted molar refractivity (Wildman–Crippen MR) is 126 cm³/mol. The molecule has 1 N–H and O–H groups in total. The van der Waals surface area contributed by atoms with Crippen LogP contribution in [0.1, 0.15) is 51.3 Å². The predicted octanol–water partition coefficient (Wildman–Crippen LogP) is 4.87. The summed E-state index contributed by atoms with van der Waals surface area (Å²) in [6, 6.07) is 10.2. The summed E-state index contributed by atoms with van der Waals surface area (Å²) in [5, 5.41) is 10.8. The number of fused-ring (bicyclic) bond motifs is 1. The molecule has 7 nitrogen and oxygen atoms in total. The lowest BCUT2D eigenvalue weighted by molar-refractivity contribution is -0.151. The summed E-state index contributed by atoms with van der Waals surface area (Å²) >= 11 is 6.35. The van der Waals surface area contributed by atoms with Gasteiger partial charge in [0.1, 0.15) is 12.2 Å². The van der Waals surface area contributed by atoms with Crippen molar-refractivity contribution in [2.75, 3.05) is 25.2 Å². The summed E-state index contributed by atoms with van der Waals surface area (Å²) in [4.78, 5) is 27.7. The van der Waals surface area contributed by atoms with Crippen molar-refractivity contribution < 1.29 is 28.9 Å². The summed E-state index contributed by atoms with van der Waals surface area (Å²) in [7, 11) is 1.45. The molecule has 0 saturated heterocycles. The molecule has 0 bridgehead atoms. The summed E-state index contributed by atoms with van der Waals surface area (Å²) in [6.07, 6.45) is -2.17. The number of hydrogen-bond donors (Lipinski definition) is 1. The second kappa shape index (κ2) is 10.0. The van der Waals surface area contributed by atoms with Crippen molar-refractivity contribution >= 4 is 29.2 Å². The molecule has 2 atom stereocenters. The molecule has 33 heavy (non-hydrogen) atoms. The quantitative estimate of drug-likeness (QED) is 0.599. The number of benzene rings is 2. The highest BCUT2D eigenvalue weighted by Gasteiger charge is 2.40. The van der Waals surface area contributed by atoms with E-state index in [0.717, 1.165) is 0 Å². The number of anilines is 1. The number of para-hydroxylation sites is 1. The number of amides is 1. The molecule has 178 valence electrons. The first-order valence-electron chi connectivity index (χ1n) is 10.8. The smallest absolute Gasteiger partial charge is 0.308 e. The Morgan fingerprint density at radius 1 is 1.21 bits per heavy atom. The van der Waals surface area contributed by atoms with Crippen molar-refractivity contribution in [3.8, 4) is 11.5 Å². The Labute approximate surface area is 199 Å². The molecule has 0 radical (unpaired) electrons. The number of carbonyl (C=O) groups is 2. The van der Waals surface area contributed by atoms with Gasteiger partial charge in [0, 0.05) is 28.4 Å². The SMILES string of the molecule is CCOC(=O)C[C@@H]1O[C@@H](c2cccc(O)c2OC)c2cc(Cl)ccc2N(CC(C)(C)C)C1=O. The third kappa shape index (κ3) is 5.60. The second-order valence-corrected chi connectivity index (χ2v) is 9.54. The second-order valence-electron chi connectivity index (χ2n) is 9.10. The molecule has 1 amide bonds. The van der Waals surface area contributed by atoms with Crippen LogP contribution in [0.15, 0.2) is 36.4 Å². The average molecular weight is 476 g/mol. The number of ether oxygens (including phenoxy) is 3. The summed E-state index contributed by atoms with van der Waals surface area (Å²) in [5.41, 5.74) is 1.54. The Kier molecular flexibility index (Phi) is 7.55. The van der Waals surface area contributed by atoms with Gasteiger partial charge in [-0.25, -0.2) is 0 Å². The van der Waals surface area contributed by atoms with E-state index in [2.05, 4.69) is 0 Å². The molecular formula is C25H30ClNO6. The minimum atomic E-state index is -1.10. The molecule has 1 aliphatic heterocycles. The third-order valence-electron chi connectivity index (χ3n) is 5.21. The summed E-state index contributed by atoms with van der Waals surface area (Å²) in [6.45, 7) is 8.38. The molecule has 0 aliphatic carbocycles. The van der Waals surface area contributed by atoms with Crippen LogP contribution in [0.3, 0.4) is 0 Å². The van der Waals surface area contributed by atoms with Gasteiger partial charge in [0.15, 0.2) is 11.5 Å². The maximum atomic E-state index is 13.7. The van der Waals surface area contributed by atoms with Crippen LogP contribution < -0.4 is 9.64 Å². The van der Waals surface area contributed by atoms with E-state index in [1.165, 1.54) is 13.2 Å². The van der Waals surface area contributed by atoms with Gasteiger partial charge < -0.3 is 24.2 Å². The molecule has 0 fully saturated rings. The van der Waals surface area contributed by atoms with E-state index >= 15 is 0 Å². The topological polar surface area (TPSA) is 85.3 Å². The average Bonchev–Trinajstić information content (AvgIpc) is 2.83. The van der Waals surface area contributed by atoms with Gasteiger partial charge in [-0.05, 0) is 36.6 Å². The van der Waals surface area contributed by atoms with E-state index < -0.39 is 18.2 Å². The maximum absolute atomic E-state index is 13.7. The fourth-order valence-electron chi connectivity index (χ4n) is 3.93. The lowest BCUT2D eigenvalue weighted by Gasteiger charge is -2.31. The minimum Gasteiger partial charge on any atom is -0.504 e. The van der Waals surface area contributed by atoms with Crippen molar-refractivity contribution in [3.05, 3.63) is 52.5 Å². The number of phenols is 1. The number of carbonyl (C=O) groups excluding carboxylic acids is 2. The lowest BCUT2D eigenvalue weighted by atomic mass is 9.94. The van der Waals surface area contributed by atoms with Crippen LogP contribution in [-0.4, -0.2) is 43.3 Å². The molecule has 8 heteroatoms. The fourth-order valence-corrected chi connectivity index (χ4v) is 4.11. The van der Waals surface area contributed by atoms with Gasteiger partial charge in [0.05, 0.1) is 20.1 Å². The molecular weight excluding hydrogens is 446 g/mol. The van der Waals surface area contributed by atoms with E-state index in [1.54, 1.807) is 42.2 Å². The zero-order chi connectivity index (χ0) is 24.3. The highest BCUT2D eigenvalue weighted by molar-refractivity contribution is 6.30. The maximum Gasteiger partial charge on any atom is 0.308 e. The molecule has 1 heterocycles. The first kappa shape index (κ1) is 24.9. The van der Waals surface area contributed by atoms with Gasteiger partial charge in [-0.2, -0.15) is 0 Å². The van der Waals surface area contributed by atoms with Crippen LogP contribution >= 0.6 is 11.6 Å². The largest absolute Gasteiger partial charge is 0.504 e. The number of nitrogens with zero attached hydrogens (tertiary/aromatic N) is 1. The minimum absolute atomic E-state index is 0.0637. The van der Waals surface area contributed by atoms with E-state index in [1.807, 2.05) is 20.8 Å².